The van der Waals surface area contributed by atoms with Gasteiger partial charge < -0.3 is 15.1 Å². The van der Waals surface area contributed by atoms with Crippen molar-refractivity contribution < 1.29 is 19.8 Å². The molecule has 21 heavy (non-hydrogen) atoms. The van der Waals surface area contributed by atoms with Gasteiger partial charge in [-0.15, -0.1) is 0 Å². The first-order valence-corrected chi connectivity index (χ1v) is 7.06. The highest BCUT2D eigenvalue weighted by Gasteiger charge is 2.39. The third-order valence-corrected chi connectivity index (χ3v) is 3.67. The van der Waals surface area contributed by atoms with Gasteiger partial charge in [-0.3, -0.25) is 4.79 Å². The average molecular weight is 313 g/mol. The summed E-state index contributed by atoms with van der Waals surface area (Å²) < 4.78 is 0. The standard InChI is InChI=1S/C14H17ClN2O4/c1-7(2)10-3-8(4-12(15)16-10)13(19)17-6-9(18)5-11(17)14(20)21/h3-4,7,9,11,18H,5-6H2,1-2H3,(H,20,21)/t9-,11+/m1/s1. The highest BCUT2D eigenvalue weighted by molar-refractivity contribution is 6.29. The third kappa shape index (κ3) is 3.33. The number of rotatable bonds is 3. The molecule has 1 aliphatic heterocycles. The lowest BCUT2D eigenvalue weighted by Crippen LogP contribution is -2.40. The SMILES string of the molecule is CC(C)c1cc(C(=O)N2C[C@H](O)C[C@H]2C(=O)O)cc(Cl)n1. The quantitative estimate of drug-likeness (QED) is 0.826. The van der Waals surface area contributed by atoms with Gasteiger partial charge in [-0.2, -0.15) is 0 Å². The van der Waals surface area contributed by atoms with Crippen LogP contribution in [0.1, 0.15) is 42.2 Å². The maximum Gasteiger partial charge on any atom is 0.326 e. The first-order chi connectivity index (χ1) is 9.79. The Labute approximate surface area is 127 Å². The number of nitrogens with zero attached hydrogens (tertiary/aromatic N) is 2. The molecule has 1 amide bonds. The fourth-order valence-electron chi connectivity index (χ4n) is 2.37. The van der Waals surface area contributed by atoms with E-state index in [0.717, 1.165) is 0 Å². The number of aliphatic hydroxyl groups excluding tert-OH is 1. The number of carboxylic acids is 1. The summed E-state index contributed by atoms with van der Waals surface area (Å²) >= 11 is 5.92. The van der Waals surface area contributed by atoms with Crippen molar-refractivity contribution in [1.29, 1.82) is 0 Å². The molecule has 0 aromatic carbocycles. The molecule has 1 aliphatic rings. The number of carboxylic acid groups (broad SMARTS) is 1. The maximum atomic E-state index is 12.5. The van der Waals surface area contributed by atoms with Crippen molar-refractivity contribution in [2.75, 3.05) is 6.54 Å². The van der Waals surface area contributed by atoms with Gasteiger partial charge in [-0.1, -0.05) is 25.4 Å². The molecule has 1 aromatic rings. The summed E-state index contributed by atoms with van der Waals surface area (Å²) in [6.07, 6.45) is -0.784. The molecule has 2 heterocycles. The number of β-amino-alcohol motifs (C(OH)–C–C–N with tert-alkyl or cyclic N) is 1. The first-order valence-electron chi connectivity index (χ1n) is 6.69. The highest BCUT2D eigenvalue weighted by atomic mass is 35.5. The molecule has 1 saturated heterocycles. The fraction of sp³-hybridized carbons (Fsp3) is 0.500. The molecule has 0 bridgehead atoms. The topological polar surface area (TPSA) is 90.7 Å². The lowest BCUT2D eigenvalue weighted by Gasteiger charge is -2.21. The smallest absolute Gasteiger partial charge is 0.326 e. The minimum absolute atomic E-state index is 0.00670. The summed E-state index contributed by atoms with van der Waals surface area (Å²) in [4.78, 5) is 29.0. The Balaban J connectivity index is 2.33. The van der Waals surface area contributed by atoms with Crippen LogP contribution in [0.15, 0.2) is 12.1 Å². The van der Waals surface area contributed by atoms with E-state index in [1.165, 1.54) is 11.0 Å². The van der Waals surface area contributed by atoms with Gasteiger partial charge in [0.15, 0.2) is 0 Å². The van der Waals surface area contributed by atoms with E-state index in [1.54, 1.807) is 6.07 Å². The van der Waals surface area contributed by atoms with Crippen LogP contribution in [0, 0.1) is 0 Å². The van der Waals surface area contributed by atoms with Crippen molar-refractivity contribution in [3.8, 4) is 0 Å². The van der Waals surface area contributed by atoms with E-state index in [0.29, 0.717) is 11.3 Å². The molecule has 2 N–H and O–H groups in total. The minimum Gasteiger partial charge on any atom is -0.480 e. The van der Waals surface area contributed by atoms with E-state index in [9.17, 15) is 14.7 Å². The monoisotopic (exact) mass is 312 g/mol. The fourth-order valence-corrected chi connectivity index (χ4v) is 2.59. The third-order valence-electron chi connectivity index (χ3n) is 3.48. The van der Waals surface area contributed by atoms with Gasteiger partial charge in [0.2, 0.25) is 0 Å². The second-order valence-electron chi connectivity index (χ2n) is 5.46. The van der Waals surface area contributed by atoms with Crippen LogP contribution in [0.3, 0.4) is 0 Å². The van der Waals surface area contributed by atoms with Crippen molar-refractivity contribution in [2.24, 2.45) is 0 Å². The normalized spacial score (nSPS) is 21.9. The summed E-state index contributed by atoms with van der Waals surface area (Å²) in [7, 11) is 0. The first kappa shape index (κ1) is 15.7. The Morgan fingerprint density at radius 2 is 2.10 bits per heavy atom. The van der Waals surface area contributed by atoms with Gasteiger partial charge in [-0.25, -0.2) is 9.78 Å². The Morgan fingerprint density at radius 3 is 2.67 bits per heavy atom. The number of aromatic nitrogens is 1. The molecule has 0 unspecified atom stereocenters. The van der Waals surface area contributed by atoms with Crippen LogP contribution < -0.4 is 0 Å². The van der Waals surface area contributed by atoms with Crippen molar-refractivity contribution in [2.45, 2.75) is 38.3 Å². The molecule has 0 aliphatic carbocycles. The zero-order chi connectivity index (χ0) is 15.7. The number of hydrogen-bond donors (Lipinski definition) is 2. The Bertz CT molecular complexity index is 576. The van der Waals surface area contributed by atoms with Crippen LogP contribution in [0.4, 0.5) is 0 Å². The second-order valence-corrected chi connectivity index (χ2v) is 5.85. The van der Waals surface area contributed by atoms with E-state index in [2.05, 4.69) is 4.98 Å². The molecule has 2 rings (SSSR count). The van der Waals surface area contributed by atoms with E-state index in [-0.39, 0.29) is 24.0 Å². The molecule has 0 spiro atoms. The molecule has 0 saturated carbocycles. The lowest BCUT2D eigenvalue weighted by molar-refractivity contribution is -0.141. The molecule has 7 heteroatoms. The summed E-state index contributed by atoms with van der Waals surface area (Å²) in [6.45, 7) is 3.85. The van der Waals surface area contributed by atoms with Crippen LogP contribution in [0.25, 0.3) is 0 Å². The lowest BCUT2D eigenvalue weighted by atomic mass is 10.1. The zero-order valence-electron chi connectivity index (χ0n) is 11.8. The summed E-state index contributed by atoms with van der Waals surface area (Å²) in [5.74, 6) is -1.48. The summed E-state index contributed by atoms with van der Waals surface area (Å²) in [5, 5.41) is 19.0. The van der Waals surface area contributed by atoms with Crippen LogP contribution in [0.2, 0.25) is 5.15 Å². The molecule has 6 nitrogen and oxygen atoms in total. The van der Waals surface area contributed by atoms with Crippen LogP contribution in [0.5, 0.6) is 0 Å². The van der Waals surface area contributed by atoms with Crippen molar-refractivity contribution in [3.63, 3.8) is 0 Å². The minimum atomic E-state index is -1.12. The molecule has 114 valence electrons. The van der Waals surface area contributed by atoms with E-state index < -0.39 is 24.0 Å². The van der Waals surface area contributed by atoms with E-state index in [4.69, 9.17) is 16.7 Å². The van der Waals surface area contributed by atoms with Gasteiger partial charge >= 0.3 is 5.97 Å². The Kier molecular flexibility index (Phi) is 4.49. The van der Waals surface area contributed by atoms with E-state index >= 15 is 0 Å². The second kappa shape index (κ2) is 5.99. The van der Waals surface area contributed by atoms with Gasteiger partial charge in [0.25, 0.3) is 5.91 Å². The summed E-state index contributed by atoms with van der Waals surface area (Å²) in [6, 6.07) is 2.02. The predicted molar refractivity (Wildman–Crippen MR) is 76.4 cm³/mol. The van der Waals surface area contributed by atoms with Crippen molar-refractivity contribution in [1.82, 2.24) is 9.88 Å². The predicted octanol–water partition coefficient (Wildman–Crippen LogP) is 1.52. The Morgan fingerprint density at radius 1 is 1.43 bits per heavy atom. The number of carbonyl (C=O) groups is 2. The highest BCUT2D eigenvalue weighted by Crippen LogP contribution is 2.24. The van der Waals surface area contributed by atoms with Gasteiger partial charge in [0.1, 0.15) is 11.2 Å². The van der Waals surface area contributed by atoms with Crippen molar-refractivity contribution in [3.05, 3.63) is 28.5 Å². The van der Waals surface area contributed by atoms with Gasteiger partial charge in [0.05, 0.1) is 6.10 Å². The van der Waals surface area contributed by atoms with E-state index in [1.807, 2.05) is 13.8 Å². The van der Waals surface area contributed by atoms with Gasteiger partial charge in [-0.05, 0) is 18.1 Å². The molecular weight excluding hydrogens is 296 g/mol. The number of carbonyl (C=O) groups excluding carboxylic acids is 1. The maximum absolute atomic E-state index is 12.5. The Hall–Kier alpha value is -1.66. The zero-order valence-corrected chi connectivity index (χ0v) is 12.5. The number of aliphatic hydroxyl groups is 1. The number of likely N-dealkylation sites (tertiary alicyclic amines) is 1. The largest absolute Gasteiger partial charge is 0.480 e. The molecule has 0 radical (unpaired) electrons. The summed E-state index contributed by atoms with van der Waals surface area (Å²) in [5.41, 5.74) is 0.955. The molecule has 2 atom stereocenters. The number of halogens is 1. The van der Waals surface area contributed by atoms with Crippen LogP contribution >= 0.6 is 11.6 Å². The molecule has 1 aromatic heterocycles. The average Bonchev–Trinajstić information content (AvgIpc) is 2.79. The number of amides is 1. The number of pyridine rings is 1. The van der Waals surface area contributed by atoms with Crippen LogP contribution in [-0.4, -0.2) is 50.7 Å². The molecule has 1 fully saturated rings. The number of aliphatic carboxylic acids is 1. The molecular formula is C14H17ClN2O4. The van der Waals surface area contributed by atoms with Crippen molar-refractivity contribution >= 4 is 23.5 Å². The number of hydrogen-bond acceptors (Lipinski definition) is 4. The van der Waals surface area contributed by atoms with Gasteiger partial charge in [0, 0.05) is 24.2 Å². The van der Waals surface area contributed by atoms with Crippen LogP contribution in [-0.2, 0) is 4.79 Å².